The van der Waals surface area contributed by atoms with Crippen molar-refractivity contribution in [2.24, 2.45) is 5.92 Å². The van der Waals surface area contributed by atoms with Crippen molar-refractivity contribution in [3.05, 3.63) is 29.8 Å². The van der Waals surface area contributed by atoms with Crippen molar-refractivity contribution < 1.29 is 8.78 Å². The van der Waals surface area contributed by atoms with Crippen molar-refractivity contribution in [3.8, 4) is 0 Å². The first-order valence-corrected chi connectivity index (χ1v) is 7.14. The molecule has 2 nitrogen and oxygen atoms in total. The molecule has 1 saturated carbocycles. The van der Waals surface area contributed by atoms with E-state index >= 15 is 0 Å². The molecule has 0 radical (unpaired) electrons. The van der Waals surface area contributed by atoms with Gasteiger partial charge < -0.3 is 10.2 Å². The number of nitrogens with one attached hydrogen (secondary N) is 1. The van der Waals surface area contributed by atoms with Crippen LogP contribution in [0.5, 0.6) is 0 Å². The van der Waals surface area contributed by atoms with E-state index in [1.54, 1.807) is 6.07 Å². The van der Waals surface area contributed by atoms with Crippen LogP contribution in [-0.2, 0) is 0 Å². The summed E-state index contributed by atoms with van der Waals surface area (Å²) in [7, 11) is 0. The topological polar surface area (TPSA) is 15.3 Å². The summed E-state index contributed by atoms with van der Waals surface area (Å²) in [6.07, 6.45) is 3.50. The van der Waals surface area contributed by atoms with Gasteiger partial charge in [0.2, 0.25) is 0 Å². The van der Waals surface area contributed by atoms with Crippen LogP contribution < -0.4 is 10.2 Å². The molecular weight excluding hydrogens is 246 g/mol. The molecule has 1 N–H and O–H groups in total. The van der Waals surface area contributed by atoms with Gasteiger partial charge in [-0.2, -0.15) is 0 Å². The minimum absolute atomic E-state index is 0.287. The smallest absolute Gasteiger partial charge is 0.149 e. The van der Waals surface area contributed by atoms with Crippen LogP contribution in [0, 0.1) is 17.6 Å². The summed E-state index contributed by atoms with van der Waals surface area (Å²) in [4.78, 5) is 2.12. The first-order chi connectivity index (χ1) is 9.19. The van der Waals surface area contributed by atoms with E-state index in [0.717, 1.165) is 31.5 Å². The van der Waals surface area contributed by atoms with Crippen LogP contribution in [0.1, 0.15) is 26.2 Å². The van der Waals surface area contributed by atoms with E-state index < -0.39 is 11.6 Å². The molecule has 1 aliphatic carbocycles. The zero-order valence-electron chi connectivity index (χ0n) is 11.2. The number of hydrogen-bond donors (Lipinski definition) is 1. The van der Waals surface area contributed by atoms with Gasteiger partial charge in [-0.3, -0.25) is 0 Å². The van der Waals surface area contributed by atoms with Crippen molar-refractivity contribution >= 4 is 5.69 Å². The normalized spacial score (nSPS) is 27.6. The molecule has 0 bridgehead atoms. The molecule has 19 heavy (non-hydrogen) atoms. The van der Waals surface area contributed by atoms with Gasteiger partial charge >= 0.3 is 0 Å². The third-order valence-corrected chi connectivity index (χ3v) is 4.33. The average Bonchev–Trinajstić information content (AvgIpc) is 3.22. The second kappa shape index (κ2) is 5.08. The zero-order chi connectivity index (χ0) is 13.4. The fraction of sp³-hybridized carbons (Fsp3) is 0.600. The Morgan fingerprint density at radius 3 is 2.74 bits per heavy atom. The van der Waals surface area contributed by atoms with Gasteiger partial charge in [-0.1, -0.05) is 6.92 Å². The Bertz CT molecular complexity index is 459. The zero-order valence-corrected chi connectivity index (χ0v) is 11.2. The summed E-state index contributed by atoms with van der Waals surface area (Å²) in [5.74, 6) is -0.220. The quantitative estimate of drug-likeness (QED) is 0.905. The van der Waals surface area contributed by atoms with Gasteiger partial charge in [-0.15, -0.1) is 0 Å². The predicted octanol–water partition coefficient (Wildman–Crippen LogP) is 2.93. The molecule has 0 amide bonds. The van der Waals surface area contributed by atoms with Crippen LogP contribution in [0.25, 0.3) is 0 Å². The number of anilines is 1. The lowest BCUT2D eigenvalue weighted by atomic mass is 10.0. The third kappa shape index (κ3) is 2.59. The number of nitrogens with zero attached hydrogens (tertiary/aromatic N) is 1. The fourth-order valence-corrected chi connectivity index (χ4v) is 3.01. The summed E-state index contributed by atoms with van der Waals surface area (Å²) >= 11 is 0. The molecule has 1 heterocycles. The van der Waals surface area contributed by atoms with Gasteiger partial charge in [0.1, 0.15) is 11.6 Å². The van der Waals surface area contributed by atoms with Crippen molar-refractivity contribution in [2.45, 2.75) is 38.3 Å². The van der Waals surface area contributed by atoms with E-state index in [0.29, 0.717) is 11.7 Å². The van der Waals surface area contributed by atoms with E-state index in [4.69, 9.17) is 0 Å². The Morgan fingerprint density at radius 1 is 1.32 bits per heavy atom. The minimum atomic E-state index is -0.511. The van der Waals surface area contributed by atoms with Gasteiger partial charge in [0.05, 0.1) is 5.69 Å². The van der Waals surface area contributed by atoms with Crippen molar-refractivity contribution in [1.29, 1.82) is 0 Å². The average molecular weight is 266 g/mol. The van der Waals surface area contributed by atoms with Crippen LogP contribution in [0.4, 0.5) is 14.5 Å². The fourth-order valence-electron chi connectivity index (χ4n) is 3.01. The molecule has 0 aromatic heterocycles. The lowest BCUT2D eigenvalue weighted by Crippen LogP contribution is -2.57. The van der Waals surface area contributed by atoms with Gasteiger partial charge in [-0.05, 0) is 37.3 Å². The van der Waals surface area contributed by atoms with Crippen LogP contribution >= 0.6 is 0 Å². The van der Waals surface area contributed by atoms with Crippen LogP contribution in [-0.4, -0.2) is 25.2 Å². The lowest BCUT2D eigenvalue weighted by Gasteiger charge is -2.42. The third-order valence-electron chi connectivity index (χ3n) is 4.33. The predicted molar refractivity (Wildman–Crippen MR) is 72.3 cm³/mol. The van der Waals surface area contributed by atoms with E-state index in [-0.39, 0.29) is 6.04 Å². The first kappa shape index (κ1) is 12.9. The Labute approximate surface area is 112 Å². The van der Waals surface area contributed by atoms with E-state index in [1.807, 2.05) is 0 Å². The van der Waals surface area contributed by atoms with Crippen LogP contribution in [0.15, 0.2) is 18.2 Å². The molecule has 1 saturated heterocycles. The summed E-state index contributed by atoms with van der Waals surface area (Å²) < 4.78 is 27.0. The van der Waals surface area contributed by atoms with Crippen molar-refractivity contribution in [2.75, 3.05) is 18.0 Å². The number of piperazine rings is 1. The molecule has 2 unspecified atom stereocenters. The number of rotatable bonds is 3. The standard InChI is InChI=1S/C15H20F2N2/c1-2-12-8-18-14(10-3-4-10)9-19(12)15-6-5-11(16)7-13(15)17/h5-7,10,12,14,18H,2-4,8-9H2,1H3. The van der Waals surface area contributed by atoms with Crippen molar-refractivity contribution in [1.82, 2.24) is 5.32 Å². The summed E-state index contributed by atoms with van der Waals surface area (Å²) in [6.45, 7) is 3.82. The highest BCUT2D eigenvalue weighted by Crippen LogP contribution is 2.36. The van der Waals surface area contributed by atoms with Gasteiger partial charge in [0, 0.05) is 31.2 Å². The number of halogens is 2. The molecule has 1 aromatic rings. The molecule has 2 fully saturated rings. The summed E-state index contributed by atoms with van der Waals surface area (Å²) in [5, 5.41) is 3.57. The number of benzene rings is 1. The second-order valence-corrected chi connectivity index (χ2v) is 5.66. The lowest BCUT2D eigenvalue weighted by molar-refractivity contribution is 0.357. The van der Waals surface area contributed by atoms with Crippen molar-refractivity contribution in [3.63, 3.8) is 0 Å². The van der Waals surface area contributed by atoms with Gasteiger partial charge in [0.15, 0.2) is 0 Å². The highest BCUT2D eigenvalue weighted by atomic mass is 19.1. The first-order valence-electron chi connectivity index (χ1n) is 7.14. The maximum atomic E-state index is 14.0. The highest BCUT2D eigenvalue weighted by Gasteiger charge is 2.37. The molecule has 1 aromatic carbocycles. The monoisotopic (exact) mass is 266 g/mol. The van der Waals surface area contributed by atoms with Crippen LogP contribution in [0.3, 0.4) is 0 Å². The molecular formula is C15H20F2N2. The Morgan fingerprint density at radius 2 is 2.11 bits per heavy atom. The second-order valence-electron chi connectivity index (χ2n) is 5.66. The molecule has 4 heteroatoms. The molecule has 0 spiro atoms. The maximum absolute atomic E-state index is 14.0. The van der Waals surface area contributed by atoms with Gasteiger partial charge in [-0.25, -0.2) is 8.78 Å². The van der Waals surface area contributed by atoms with E-state index in [1.165, 1.54) is 18.9 Å². The Kier molecular flexibility index (Phi) is 3.44. The molecule has 2 atom stereocenters. The minimum Gasteiger partial charge on any atom is -0.363 e. The van der Waals surface area contributed by atoms with E-state index in [9.17, 15) is 8.78 Å². The molecule has 3 rings (SSSR count). The Hall–Kier alpha value is -1.16. The summed E-state index contributed by atoms with van der Waals surface area (Å²) in [5.41, 5.74) is 0.542. The molecule has 2 aliphatic rings. The molecule has 1 aliphatic heterocycles. The SMILES string of the molecule is CCC1CNC(C2CC2)CN1c1ccc(F)cc1F. The van der Waals surface area contributed by atoms with Gasteiger partial charge in [0.25, 0.3) is 0 Å². The maximum Gasteiger partial charge on any atom is 0.149 e. The highest BCUT2D eigenvalue weighted by molar-refractivity contribution is 5.50. The largest absolute Gasteiger partial charge is 0.363 e. The molecule has 104 valence electrons. The summed E-state index contributed by atoms with van der Waals surface area (Å²) in [6, 6.07) is 4.64. The number of hydrogen-bond acceptors (Lipinski definition) is 2. The van der Waals surface area contributed by atoms with E-state index in [2.05, 4.69) is 17.1 Å². The van der Waals surface area contributed by atoms with Crippen LogP contribution in [0.2, 0.25) is 0 Å². The Balaban J connectivity index is 1.85.